The van der Waals surface area contributed by atoms with Crippen molar-refractivity contribution < 1.29 is 31.1 Å². The summed E-state index contributed by atoms with van der Waals surface area (Å²) in [6.07, 6.45) is -3.80. The van der Waals surface area contributed by atoms with Crippen molar-refractivity contribution in [1.29, 1.82) is 0 Å². The second-order valence-corrected chi connectivity index (χ2v) is 9.66. The molecule has 172 valence electrons. The van der Waals surface area contributed by atoms with Gasteiger partial charge in [0.25, 0.3) is 0 Å². The van der Waals surface area contributed by atoms with Gasteiger partial charge >= 0.3 is 6.18 Å². The minimum Gasteiger partial charge on any atom is -0.505 e. The Balaban J connectivity index is 1.71. The summed E-state index contributed by atoms with van der Waals surface area (Å²) in [6.45, 7) is 1.68. The zero-order valence-corrected chi connectivity index (χ0v) is 18.0. The molecule has 0 amide bonds. The van der Waals surface area contributed by atoms with E-state index in [2.05, 4.69) is 5.10 Å². The molecule has 1 fully saturated rings. The second-order valence-electron chi connectivity index (χ2n) is 7.68. The Morgan fingerprint density at radius 3 is 2.31 bits per heavy atom. The van der Waals surface area contributed by atoms with Crippen LogP contribution in [0.2, 0.25) is 0 Å². The molecule has 1 aliphatic rings. The quantitative estimate of drug-likeness (QED) is 0.593. The second kappa shape index (κ2) is 7.62. The van der Waals surface area contributed by atoms with E-state index < -0.39 is 33.3 Å². The number of rotatable bonds is 3. The average Bonchev–Trinajstić information content (AvgIpc) is 3.04. The van der Waals surface area contributed by atoms with E-state index in [0.29, 0.717) is 43.1 Å². The van der Waals surface area contributed by atoms with E-state index in [1.807, 2.05) is 11.0 Å². The smallest absolute Gasteiger partial charge is 0.419 e. The van der Waals surface area contributed by atoms with Gasteiger partial charge in [0.1, 0.15) is 5.69 Å². The molecule has 4 rings (SSSR count). The first-order chi connectivity index (χ1) is 14.9. The Morgan fingerprint density at radius 2 is 1.72 bits per heavy atom. The highest BCUT2D eigenvalue weighted by Crippen LogP contribution is 2.39. The number of piperazine rings is 1. The molecule has 12 heteroatoms. The average molecular weight is 472 g/mol. The maximum Gasteiger partial charge on any atom is 0.419 e. The number of hydrogen-bond acceptors (Lipinski definition) is 5. The van der Waals surface area contributed by atoms with Crippen LogP contribution in [0.25, 0.3) is 22.2 Å². The maximum absolute atomic E-state index is 13.8. The van der Waals surface area contributed by atoms with Gasteiger partial charge in [-0.3, -0.25) is 4.68 Å². The highest BCUT2D eigenvalue weighted by molar-refractivity contribution is 7.88. The number of anilines is 1. The van der Waals surface area contributed by atoms with Gasteiger partial charge < -0.3 is 10.0 Å². The zero-order chi connectivity index (χ0) is 23.4. The fraction of sp³-hybridized carbons (Fsp3) is 0.350. The number of aryl methyl sites for hydroxylation is 1. The Bertz CT molecular complexity index is 1300. The Morgan fingerprint density at radius 1 is 1.06 bits per heavy atom. The Labute approximate surface area is 181 Å². The molecule has 2 heterocycles. The first-order valence-corrected chi connectivity index (χ1v) is 11.5. The van der Waals surface area contributed by atoms with Crippen LogP contribution in [0.5, 0.6) is 5.75 Å². The molecule has 0 bridgehead atoms. The molecule has 0 atom stereocenters. The van der Waals surface area contributed by atoms with Crippen LogP contribution in [0.4, 0.5) is 23.2 Å². The van der Waals surface area contributed by atoms with Crippen molar-refractivity contribution in [3.8, 4) is 17.0 Å². The first-order valence-electron chi connectivity index (χ1n) is 9.63. The van der Waals surface area contributed by atoms with Crippen molar-refractivity contribution in [2.45, 2.75) is 6.18 Å². The van der Waals surface area contributed by atoms with Gasteiger partial charge in [-0.2, -0.15) is 22.6 Å². The van der Waals surface area contributed by atoms with E-state index in [4.69, 9.17) is 0 Å². The summed E-state index contributed by atoms with van der Waals surface area (Å²) in [4.78, 5) is 2.01. The number of benzene rings is 2. The molecule has 3 aromatic rings. The van der Waals surface area contributed by atoms with Gasteiger partial charge in [-0.05, 0) is 30.3 Å². The van der Waals surface area contributed by atoms with Crippen LogP contribution in [-0.4, -0.2) is 60.0 Å². The Hall–Kier alpha value is -2.86. The highest BCUT2D eigenvalue weighted by atomic mass is 32.2. The molecule has 1 saturated heterocycles. The van der Waals surface area contributed by atoms with Crippen LogP contribution in [0.3, 0.4) is 0 Å². The van der Waals surface area contributed by atoms with Crippen LogP contribution in [0, 0.1) is 5.82 Å². The molecule has 1 N–H and O–H groups in total. The van der Waals surface area contributed by atoms with E-state index in [0.717, 1.165) is 11.8 Å². The van der Waals surface area contributed by atoms with Crippen LogP contribution >= 0.6 is 0 Å². The highest BCUT2D eigenvalue weighted by Gasteiger charge is 2.36. The summed E-state index contributed by atoms with van der Waals surface area (Å²) >= 11 is 0. The normalized spacial score (nSPS) is 16.1. The number of nitrogens with zero attached hydrogens (tertiary/aromatic N) is 4. The number of phenolic OH excluding ortho intramolecular Hbond substituents is 1. The predicted octanol–water partition coefficient (Wildman–Crippen LogP) is 3.19. The van der Waals surface area contributed by atoms with Crippen molar-refractivity contribution >= 4 is 26.6 Å². The van der Waals surface area contributed by atoms with Crippen molar-refractivity contribution in [3.63, 3.8) is 0 Å². The summed E-state index contributed by atoms with van der Waals surface area (Å²) in [6, 6.07) is 6.84. The molecular weight excluding hydrogens is 452 g/mol. The minimum atomic E-state index is -4.97. The third-order valence-corrected chi connectivity index (χ3v) is 6.84. The number of fused-ring (bicyclic) bond motifs is 1. The molecule has 0 aliphatic carbocycles. The fourth-order valence-corrected chi connectivity index (χ4v) is 4.71. The third-order valence-electron chi connectivity index (χ3n) is 5.54. The van der Waals surface area contributed by atoms with Crippen molar-refractivity contribution in [2.75, 3.05) is 37.3 Å². The van der Waals surface area contributed by atoms with Crippen LogP contribution < -0.4 is 4.90 Å². The molecule has 0 saturated carbocycles. The molecule has 2 aromatic carbocycles. The largest absolute Gasteiger partial charge is 0.505 e. The minimum absolute atomic E-state index is 0.0589. The van der Waals surface area contributed by atoms with Gasteiger partial charge in [0.15, 0.2) is 11.6 Å². The molecule has 0 radical (unpaired) electrons. The number of phenols is 1. The number of alkyl halides is 3. The van der Waals surface area contributed by atoms with Crippen LogP contribution in [0.15, 0.2) is 30.3 Å². The van der Waals surface area contributed by atoms with Gasteiger partial charge in [0.05, 0.1) is 17.3 Å². The lowest BCUT2D eigenvalue weighted by Gasteiger charge is -2.34. The predicted molar refractivity (Wildman–Crippen MR) is 111 cm³/mol. The van der Waals surface area contributed by atoms with Gasteiger partial charge in [-0.25, -0.2) is 12.8 Å². The Kier molecular flexibility index (Phi) is 5.32. The third kappa shape index (κ3) is 3.99. The first kappa shape index (κ1) is 22.3. The zero-order valence-electron chi connectivity index (χ0n) is 17.2. The van der Waals surface area contributed by atoms with Crippen LogP contribution in [-0.2, 0) is 23.2 Å². The maximum atomic E-state index is 13.8. The van der Waals surface area contributed by atoms with Crippen molar-refractivity contribution in [3.05, 3.63) is 41.7 Å². The summed E-state index contributed by atoms with van der Waals surface area (Å²) in [5, 5.41) is 14.5. The number of aromatic hydroxyl groups is 1. The molecule has 0 unspecified atom stereocenters. The van der Waals surface area contributed by atoms with Crippen molar-refractivity contribution in [2.24, 2.45) is 7.05 Å². The summed E-state index contributed by atoms with van der Waals surface area (Å²) < 4.78 is 79.7. The summed E-state index contributed by atoms with van der Waals surface area (Å²) in [5.41, 5.74) is -0.00157. The lowest BCUT2D eigenvalue weighted by Crippen LogP contribution is -2.48. The summed E-state index contributed by atoms with van der Waals surface area (Å²) in [5.74, 6) is -2.83. The molecule has 1 aromatic heterocycles. The standard InChI is InChI=1S/C20H20F4N4O3S/c1-26-16-11-13(27-5-7-28(8-6-27)32(2,30)31)3-4-14(16)19(25-26)12-9-15(20(22,23)24)18(21)17(29)10-12/h3-4,9-11,29H,5-8H2,1-2H3. The van der Waals surface area contributed by atoms with E-state index in [-0.39, 0.29) is 11.3 Å². The lowest BCUT2D eigenvalue weighted by molar-refractivity contribution is -0.140. The number of hydrogen-bond donors (Lipinski definition) is 1. The molecular formula is C20H20F4N4O3S. The molecule has 0 spiro atoms. The summed E-state index contributed by atoms with van der Waals surface area (Å²) in [7, 11) is -1.63. The number of halogens is 4. The topological polar surface area (TPSA) is 78.7 Å². The lowest BCUT2D eigenvalue weighted by atomic mass is 10.0. The fourth-order valence-electron chi connectivity index (χ4n) is 3.89. The van der Waals surface area contributed by atoms with E-state index in [1.54, 1.807) is 19.2 Å². The monoisotopic (exact) mass is 472 g/mol. The van der Waals surface area contributed by atoms with E-state index in [9.17, 15) is 31.1 Å². The number of aromatic nitrogens is 2. The molecule has 7 nitrogen and oxygen atoms in total. The van der Waals surface area contributed by atoms with Crippen LogP contribution in [0.1, 0.15) is 5.56 Å². The van der Waals surface area contributed by atoms with Crippen molar-refractivity contribution in [1.82, 2.24) is 14.1 Å². The molecule has 1 aliphatic heterocycles. The van der Waals surface area contributed by atoms with E-state index in [1.165, 1.54) is 15.2 Å². The van der Waals surface area contributed by atoms with Gasteiger partial charge in [0.2, 0.25) is 10.0 Å². The van der Waals surface area contributed by atoms with Gasteiger partial charge in [-0.15, -0.1) is 0 Å². The number of sulfonamides is 1. The van der Waals surface area contributed by atoms with Gasteiger partial charge in [-0.1, -0.05) is 0 Å². The SMILES string of the molecule is Cn1nc(-c2cc(O)c(F)c(C(F)(F)F)c2)c2ccc(N3CCN(S(C)(=O)=O)CC3)cc21. The van der Waals surface area contributed by atoms with Gasteiger partial charge in [0, 0.05) is 49.9 Å². The molecule has 32 heavy (non-hydrogen) atoms. The van der Waals surface area contributed by atoms with E-state index >= 15 is 0 Å².